The number of H-pyrrole nitrogens is 1. The molecule has 0 radical (unpaired) electrons. The van der Waals surface area contributed by atoms with Crippen molar-refractivity contribution in [1.29, 1.82) is 0 Å². The average Bonchev–Trinajstić information content (AvgIpc) is 3.36. The molecular formula is C18H17FN6O3S. The van der Waals surface area contributed by atoms with E-state index in [9.17, 15) is 12.8 Å². The Morgan fingerprint density at radius 2 is 1.97 bits per heavy atom. The topological polar surface area (TPSA) is 115 Å². The zero-order valence-electron chi connectivity index (χ0n) is 15.3. The van der Waals surface area contributed by atoms with E-state index >= 15 is 0 Å². The predicted octanol–water partition coefficient (Wildman–Crippen LogP) is 2.52. The number of rotatable bonds is 7. The van der Waals surface area contributed by atoms with E-state index in [0.717, 1.165) is 12.1 Å². The number of aromatic amines is 1. The quantitative estimate of drug-likeness (QED) is 0.351. The summed E-state index contributed by atoms with van der Waals surface area (Å²) in [4.78, 5) is 8.43. The number of nitrogens with zero attached hydrogens (tertiary/aromatic N) is 4. The van der Waals surface area contributed by atoms with Gasteiger partial charge in [-0.25, -0.2) is 12.8 Å². The lowest BCUT2D eigenvalue weighted by molar-refractivity contribution is 0.188. The van der Waals surface area contributed by atoms with Gasteiger partial charge in [0.15, 0.2) is 5.82 Å². The van der Waals surface area contributed by atoms with Gasteiger partial charge in [0.25, 0.3) is 5.16 Å². The molecule has 2 N–H and O–H groups in total. The zero-order chi connectivity index (χ0) is 20.4. The molecule has 4 aromatic rings. The molecule has 0 aliphatic heterocycles. The lowest BCUT2D eigenvalue weighted by atomic mass is 10.3. The van der Waals surface area contributed by atoms with Gasteiger partial charge in [-0.2, -0.15) is 15.1 Å². The fraction of sp³-hybridized carbons (Fsp3) is 0.167. The van der Waals surface area contributed by atoms with Crippen LogP contribution in [0.1, 0.15) is 0 Å². The summed E-state index contributed by atoms with van der Waals surface area (Å²) in [6, 6.07) is 8.00. The molecule has 0 bridgehead atoms. The summed E-state index contributed by atoms with van der Waals surface area (Å²) in [6.45, 7) is 0.908. The molecule has 11 heteroatoms. The zero-order valence-corrected chi connectivity index (χ0v) is 16.1. The number of nitrogens with one attached hydrogen (secondary N) is 2. The fourth-order valence-corrected chi connectivity index (χ4v) is 3.92. The number of halogens is 1. The minimum absolute atomic E-state index is 0.0982. The molecule has 150 valence electrons. The molecule has 3 heterocycles. The average molecular weight is 416 g/mol. The van der Waals surface area contributed by atoms with Gasteiger partial charge >= 0.3 is 0 Å². The van der Waals surface area contributed by atoms with Crippen LogP contribution in [-0.4, -0.2) is 46.9 Å². The monoisotopic (exact) mass is 416 g/mol. The highest BCUT2D eigenvalue weighted by molar-refractivity contribution is 7.91. The maximum Gasteiger partial charge on any atom is 0.256 e. The van der Waals surface area contributed by atoms with Crippen LogP contribution in [0.2, 0.25) is 0 Å². The van der Waals surface area contributed by atoms with E-state index in [-0.39, 0.29) is 4.90 Å². The van der Waals surface area contributed by atoms with Crippen LogP contribution in [0.15, 0.2) is 58.8 Å². The van der Waals surface area contributed by atoms with Gasteiger partial charge in [0.05, 0.1) is 16.9 Å². The molecule has 0 saturated carbocycles. The van der Waals surface area contributed by atoms with Crippen LogP contribution in [0, 0.1) is 5.82 Å². The SMILES string of the molecule is COCCn1ccc2c(Nc3cc[nH]n3)nc(S(=O)(=O)c3ccc(F)cc3)nc21. The van der Waals surface area contributed by atoms with E-state index in [1.165, 1.54) is 12.1 Å². The summed E-state index contributed by atoms with van der Waals surface area (Å²) >= 11 is 0. The number of aromatic nitrogens is 5. The molecule has 9 nitrogen and oxygen atoms in total. The van der Waals surface area contributed by atoms with E-state index in [4.69, 9.17) is 4.74 Å². The number of sulfone groups is 1. The Morgan fingerprint density at radius 3 is 2.66 bits per heavy atom. The Bertz CT molecular complexity index is 1240. The number of hydrogen-bond donors (Lipinski definition) is 2. The van der Waals surface area contributed by atoms with Gasteiger partial charge < -0.3 is 14.6 Å². The first-order valence-corrected chi connectivity index (χ1v) is 10.1. The van der Waals surface area contributed by atoms with Gasteiger partial charge in [-0.15, -0.1) is 0 Å². The molecule has 0 saturated heterocycles. The molecule has 0 aliphatic rings. The highest BCUT2D eigenvalue weighted by atomic mass is 32.2. The number of ether oxygens (including phenoxy) is 1. The van der Waals surface area contributed by atoms with Gasteiger partial charge in [-0.05, 0) is 30.3 Å². The lowest BCUT2D eigenvalue weighted by Gasteiger charge is -2.10. The number of hydrogen-bond acceptors (Lipinski definition) is 7. The summed E-state index contributed by atoms with van der Waals surface area (Å²) in [5.41, 5.74) is 0.427. The molecule has 1 aromatic carbocycles. The summed E-state index contributed by atoms with van der Waals surface area (Å²) in [5, 5.41) is 9.93. The number of methoxy groups -OCH3 is 1. The van der Waals surface area contributed by atoms with Crippen molar-refractivity contribution in [2.24, 2.45) is 0 Å². The molecule has 0 unspecified atom stereocenters. The van der Waals surface area contributed by atoms with Crippen molar-refractivity contribution in [2.45, 2.75) is 16.6 Å². The first-order valence-electron chi connectivity index (χ1n) is 8.62. The van der Waals surface area contributed by atoms with E-state index < -0.39 is 20.8 Å². The number of benzene rings is 1. The normalized spacial score (nSPS) is 11.8. The highest BCUT2D eigenvalue weighted by Gasteiger charge is 2.24. The third-order valence-corrected chi connectivity index (χ3v) is 5.80. The van der Waals surface area contributed by atoms with Crippen LogP contribution in [0.3, 0.4) is 0 Å². The molecular weight excluding hydrogens is 399 g/mol. The van der Waals surface area contributed by atoms with E-state index in [1.54, 1.807) is 36.2 Å². The first-order chi connectivity index (χ1) is 14.0. The van der Waals surface area contributed by atoms with Gasteiger partial charge in [0, 0.05) is 32.1 Å². The van der Waals surface area contributed by atoms with Crippen molar-refractivity contribution in [3.8, 4) is 0 Å². The second-order valence-corrected chi connectivity index (χ2v) is 7.98. The van der Waals surface area contributed by atoms with Crippen molar-refractivity contribution < 1.29 is 17.5 Å². The predicted molar refractivity (Wildman–Crippen MR) is 103 cm³/mol. The van der Waals surface area contributed by atoms with E-state index in [0.29, 0.717) is 35.8 Å². The minimum Gasteiger partial charge on any atom is -0.383 e. The van der Waals surface area contributed by atoms with E-state index in [2.05, 4.69) is 25.5 Å². The Morgan fingerprint density at radius 1 is 1.17 bits per heavy atom. The number of anilines is 2. The standard InChI is InChI=1S/C18H17FN6O3S/c1-28-11-10-25-9-7-14-16(21-15-6-8-20-24-15)22-18(23-17(14)25)29(26,27)13-4-2-12(19)3-5-13/h2-9H,10-11H2,1H3,(H2,20,21,22,23,24). The molecule has 0 fully saturated rings. The van der Waals surface area contributed by atoms with Gasteiger partial charge in [-0.1, -0.05) is 0 Å². The Labute approximate surface area is 165 Å². The van der Waals surface area contributed by atoms with Crippen molar-refractivity contribution in [2.75, 3.05) is 19.0 Å². The molecule has 0 aliphatic carbocycles. The molecule has 29 heavy (non-hydrogen) atoms. The summed E-state index contributed by atoms with van der Waals surface area (Å²) < 4.78 is 46.2. The second kappa shape index (κ2) is 7.60. The first kappa shape index (κ1) is 19.0. The number of fused-ring (bicyclic) bond motifs is 1. The van der Waals surface area contributed by atoms with Crippen molar-refractivity contribution in [3.05, 3.63) is 54.6 Å². The second-order valence-electron chi connectivity index (χ2n) is 6.14. The smallest absolute Gasteiger partial charge is 0.256 e. The van der Waals surface area contributed by atoms with Crippen LogP contribution < -0.4 is 5.32 Å². The van der Waals surface area contributed by atoms with Crippen LogP contribution in [0.5, 0.6) is 0 Å². The maximum atomic E-state index is 13.2. The summed E-state index contributed by atoms with van der Waals surface area (Å²) in [7, 11) is -2.49. The van der Waals surface area contributed by atoms with Gasteiger partial charge in [-0.3, -0.25) is 5.10 Å². The lowest BCUT2D eigenvalue weighted by Crippen LogP contribution is -2.11. The van der Waals surface area contributed by atoms with Crippen LogP contribution in [0.4, 0.5) is 16.0 Å². The maximum absolute atomic E-state index is 13.2. The van der Waals surface area contributed by atoms with Crippen molar-refractivity contribution >= 4 is 32.5 Å². The largest absolute Gasteiger partial charge is 0.383 e. The van der Waals surface area contributed by atoms with Gasteiger partial charge in [0.2, 0.25) is 9.84 Å². The van der Waals surface area contributed by atoms with Crippen molar-refractivity contribution in [3.63, 3.8) is 0 Å². The summed E-state index contributed by atoms with van der Waals surface area (Å²) in [6.07, 6.45) is 3.41. The van der Waals surface area contributed by atoms with Crippen molar-refractivity contribution in [1.82, 2.24) is 24.7 Å². The molecule has 0 spiro atoms. The molecule has 3 aromatic heterocycles. The van der Waals surface area contributed by atoms with Crippen LogP contribution in [-0.2, 0) is 21.1 Å². The van der Waals surface area contributed by atoms with Gasteiger partial charge in [0.1, 0.15) is 17.3 Å². The Balaban J connectivity index is 1.87. The summed E-state index contributed by atoms with van der Waals surface area (Å²) in [5.74, 6) is 0.230. The molecule has 4 rings (SSSR count). The Hall–Kier alpha value is -3.31. The molecule has 0 amide bonds. The van der Waals surface area contributed by atoms with Crippen LogP contribution >= 0.6 is 0 Å². The third kappa shape index (κ3) is 3.69. The third-order valence-electron chi connectivity index (χ3n) is 4.25. The van der Waals surface area contributed by atoms with E-state index in [1.807, 2.05) is 0 Å². The fourth-order valence-electron chi connectivity index (χ4n) is 2.80. The molecule has 0 atom stereocenters. The van der Waals surface area contributed by atoms with Crippen LogP contribution in [0.25, 0.3) is 11.0 Å². The minimum atomic E-state index is -4.07. The Kier molecular flexibility index (Phi) is 4.99. The highest BCUT2D eigenvalue weighted by Crippen LogP contribution is 2.27.